The molecule has 1 rings (SSSR count). The van der Waals surface area contributed by atoms with Gasteiger partial charge in [0.05, 0.1) is 7.11 Å². The van der Waals surface area contributed by atoms with E-state index >= 15 is 0 Å². The molecular weight excluding hydrogens is 102 g/mol. The molecule has 0 aliphatic heterocycles. The number of hydrogen-bond acceptors (Lipinski definition) is 1. The standard InChI is InChI=1S/C6H9NO/c1-5-3-6(8-2)7-4-5/h3-4,7H,1-2H3. The van der Waals surface area contributed by atoms with Crippen LogP contribution in [0.15, 0.2) is 12.3 Å². The first kappa shape index (κ1) is 5.22. The summed E-state index contributed by atoms with van der Waals surface area (Å²) in [7, 11) is 1.64. The lowest BCUT2D eigenvalue weighted by Gasteiger charge is -1.88. The maximum atomic E-state index is 4.88. The summed E-state index contributed by atoms with van der Waals surface area (Å²) in [6, 6.07) is 1.94. The number of rotatable bonds is 1. The molecule has 0 aliphatic rings. The lowest BCUT2D eigenvalue weighted by atomic mass is 10.4. The topological polar surface area (TPSA) is 25.0 Å². The molecule has 0 fully saturated rings. The highest BCUT2D eigenvalue weighted by atomic mass is 16.5. The number of H-pyrrole nitrogens is 1. The molecule has 0 unspecified atom stereocenters. The van der Waals surface area contributed by atoms with Crippen molar-refractivity contribution in [2.75, 3.05) is 7.11 Å². The molecule has 0 radical (unpaired) electrons. The molecular formula is C6H9NO. The van der Waals surface area contributed by atoms with Gasteiger partial charge in [0.2, 0.25) is 0 Å². The zero-order valence-electron chi connectivity index (χ0n) is 5.06. The number of hydrogen-bond donors (Lipinski definition) is 1. The fourth-order valence-corrected chi connectivity index (χ4v) is 0.593. The van der Waals surface area contributed by atoms with Gasteiger partial charge in [-0.05, 0) is 12.5 Å². The summed E-state index contributed by atoms with van der Waals surface area (Å²) < 4.78 is 4.88. The van der Waals surface area contributed by atoms with Crippen molar-refractivity contribution in [3.63, 3.8) is 0 Å². The smallest absolute Gasteiger partial charge is 0.190 e. The summed E-state index contributed by atoms with van der Waals surface area (Å²) in [5.41, 5.74) is 1.20. The van der Waals surface area contributed by atoms with Crippen LogP contribution in [0.4, 0.5) is 0 Å². The SMILES string of the molecule is COc1cc(C)c[nH]1. The molecule has 0 amide bonds. The van der Waals surface area contributed by atoms with Crippen LogP contribution in [0.25, 0.3) is 0 Å². The van der Waals surface area contributed by atoms with E-state index < -0.39 is 0 Å². The Morgan fingerprint density at radius 1 is 1.62 bits per heavy atom. The normalized spacial score (nSPS) is 9.25. The first-order chi connectivity index (χ1) is 3.83. The Hall–Kier alpha value is -0.920. The Morgan fingerprint density at radius 2 is 2.38 bits per heavy atom. The Labute approximate surface area is 48.5 Å². The van der Waals surface area contributed by atoms with E-state index in [0.29, 0.717) is 0 Å². The number of methoxy groups -OCH3 is 1. The van der Waals surface area contributed by atoms with Gasteiger partial charge in [0.25, 0.3) is 0 Å². The summed E-state index contributed by atoms with van der Waals surface area (Å²) >= 11 is 0. The van der Waals surface area contributed by atoms with Crippen LogP contribution < -0.4 is 4.74 Å². The molecule has 0 saturated carbocycles. The third-order valence-electron chi connectivity index (χ3n) is 1.02. The summed E-state index contributed by atoms with van der Waals surface area (Å²) in [6.07, 6.45) is 1.90. The highest BCUT2D eigenvalue weighted by Gasteiger charge is 1.89. The minimum Gasteiger partial charge on any atom is -0.482 e. The zero-order chi connectivity index (χ0) is 5.98. The Morgan fingerprint density at radius 3 is 2.62 bits per heavy atom. The molecule has 1 N–H and O–H groups in total. The zero-order valence-corrected chi connectivity index (χ0v) is 5.06. The van der Waals surface area contributed by atoms with E-state index in [0.717, 1.165) is 5.88 Å². The van der Waals surface area contributed by atoms with E-state index in [1.807, 2.05) is 19.2 Å². The predicted molar refractivity (Wildman–Crippen MR) is 32.1 cm³/mol. The minimum absolute atomic E-state index is 0.822. The van der Waals surface area contributed by atoms with Gasteiger partial charge in [-0.25, -0.2) is 0 Å². The molecule has 0 aromatic carbocycles. The predicted octanol–water partition coefficient (Wildman–Crippen LogP) is 1.33. The molecule has 0 spiro atoms. The minimum atomic E-state index is 0.822. The molecule has 1 aromatic heterocycles. The van der Waals surface area contributed by atoms with Gasteiger partial charge in [0.1, 0.15) is 0 Å². The average Bonchev–Trinajstić information content (AvgIpc) is 2.14. The van der Waals surface area contributed by atoms with Crippen molar-refractivity contribution in [3.05, 3.63) is 17.8 Å². The van der Waals surface area contributed by atoms with Crippen molar-refractivity contribution in [1.29, 1.82) is 0 Å². The summed E-state index contributed by atoms with van der Waals surface area (Å²) in [6.45, 7) is 2.01. The molecule has 0 atom stereocenters. The number of ether oxygens (including phenoxy) is 1. The molecule has 44 valence electrons. The Bertz CT molecular complexity index is 169. The van der Waals surface area contributed by atoms with Crippen LogP contribution in [0.1, 0.15) is 5.56 Å². The van der Waals surface area contributed by atoms with Crippen molar-refractivity contribution in [3.8, 4) is 5.88 Å². The maximum Gasteiger partial charge on any atom is 0.190 e. The van der Waals surface area contributed by atoms with Crippen LogP contribution in [-0.2, 0) is 0 Å². The van der Waals surface area contributed by atoms with Crippen molar-refractivity contribution in [2.45, 2.75) is 6.92 Å². The first-order valence-corrected chi connectivity index (χ1v) is 2.52. The van der Waals surface area contributed by atoms with E-state index in [2.05, 4.69) is 4.98 Å². The molecule has 8 heavy (non-hydrogen) atoms. The molecule has 1 heterocycles. The Balaban J connectivity index is 2.84. The molecule has 0 saturated heterocycles. The van der Waals surface area contributed by atoms with Crippen molar-refractivity contribution >= 4 is 0 Å². The van der Waals surface area contributed by atoms with Crippen LogP contribution in [0.3, 0.4) is 0 Å². The lowest BCUT2D eigenvalue weighted by molar-refractivity contribution is 0.400. The number of aryl methyl sites for hydroxylation is 1. The van der Waals surface area contributed by atoms with Gasteiger partial charge < -0.3 is 9.72 Å². The van der Waals surface area contributed by atoms with Crippen LogP contribution in [0, 0.1) is 6.92 Å². The fourth-order valence-electron chi connectivity index (χ4n) is 0.593. The quantitative estimate of drug-likeness (QED) is 0.581. The highest BCUT2D eigenvalue weighted by Crippen LogP contribution is 2.07. The van der Waals surface area contributed by atoms with Gasteiger partial charge in [0.15, 0.2) is 5.88 Å². The van der Waals surface area contributed by atoms with Crippen molar-refractivity contribution in [2.24, 2.45) is 0 Å². The summed E-state index contributed by atoms with van der Waals surface area (Å²) in [4.78, 5) is 2.93. The molecule has 2 heteroatoms. The second kappa shape index (κ2) is 1.90. The summed E-state index contributed by atoms with van der Waals surface area (Å²) in [5, 5.41) is 0. The number of aromatic amines is 1. The number of aromatic nitrogens is 1. The van der Waals surface area contributed by atoms with Gasteiger partial charge in [0, 0.05) is 12.3 Å². The van der Waals surface area contributed by atoms with Crippen LogP contribution in [0.5, 0.6) is 5.88 Å². The third kappa shape index (κ3) is 0.832. The maximum absolute atomic E-state index is 4.88. The van der Waals surface area contributed by atoms with Crippen molar-refractivity contribution < 1.29 is 4.74 Å². The van der Waals surface area contributed by atoms with E-state index in [1.165, 1.54) is 5.56 Å². The monoisotopic (exact) mass is 111 g/mol. The highest BCUT2D eigenvalue weighted by molar-refractivity contribution is 5.19. The van der Waals surface area contributed by atoms with Gasteiger partial charge in [-0.2, -0.15) is 0 Å². The molecule has 0 aliphatic carbocycles. The Kier molecular flexibility index (Phi) is 1.24. The number of nitrogens with one attached hydrogen (secondary N) is 1. The second-order valence-corrected chi connectivity index (χ2v) is 1.75. The van der Waals surface area contributed by atoms with Gasteiger partial charge in [-0.3, -0.25) is 0 Å². The third-order valence-corrected chi connectivity index (χ3v) is 1.02. The van der Waals surface area contributed by atoms with Crippen LogP contribution >= 0.6 is 0 Å². The van der Waals surface area contributed by atoms with Gasteiger partial charge >= 0.3 is 0 Å². The van der Waals surface area contributed by atoms with Gasteiger partial charge in [-0.15, -0.1) is 0 Å². The van der Waals surface area contributed by atoms with E-state index in [9.17, 15) is 0 Å². The second-order valence-electron chi connectivity index (χ2n) is 1.75. The lowest BCUT2D eigenvalue weighted by Crippen LogP contribution is -1.78. The van der Waals surface area contributed by atoms with Crippen LogP contribution in [-0.4, -0.2) is 12.1 Å². The average molecular weight is 111 g/mol. The fraction of sp³-hybridized carbons (Fsp3) is 0.333. The van der Waals surface area contributed by atoms with E-state index in [-0.39, 0.29) is 0 Å². The van der Waals surface area contributed by atoms with E-state index in [4.69, 9.17) is 4.74 Å². The molecule has 0 bridgehead atoms. The van der Waals surface area contributed by atoms with E-state index in [1.54, 1.807) is 7.11 Å². The van der Waals surface area contributed by atoms with Gasteiger partial charge in [-0.1, -0.05) is 0 Å². The first-order valence-electron chi connectivity index (χ1n) is 2.52. The molecule has 2 nitrogen and oxygen atoms in total. The summed E-state index contributed by atoms with van der Waals surface area (Å²) in [5.74, 6) is 0.822. The van der Waals surface area contributed by atoms with Crippen molar-refractivity contribution in [1.82, 2.24) is 4.98 Å². The van der Waals surface area contributed by atoms with Crippen LogP contribution in [0.2, 0.25) is 0 Å². The largest absolute Gasteiger partial charge is 0.482 e. The molecule has 1 aromatic rings.